The summed E-state index contributed by atoms with van der Waals surface area (Å²) in [6, 6.07) is 20.0. The number of nitrogens with zero attached hydrogens (tertiary/aromatic N) is 3. The number of methoxy groups -OCH3 is 1. The van der Waals surface area contributed by atoms with E-state index in [1.807, 2.05) is 37.3 Å². The van der Waals surface area contributed by atoms with Crippen molar-refractivity contribution in [3.63, 3.8) is 0 Å². The maximum Gasteiger partial charge on any atom is 0.255 e. The van der Waals surface area contributed by atoms with Crippen LogP contribution in [0.5, 0.6) is 11.5 Å². The molecule has 0 aliphatic heterocycles. The number of rotatable bonds is 6. The monoisotopic (exact) mass is 388 g/mol. The third-order valence-electron chi connectivity index (χ3n) is 4.35. The Morgan fingerprint density at radius 2 is 1.76 bits per heavy atom. The highest BCUT2D eigenvalue weighted by atomic mass is 16.5. The van der Waals surface area contributed by atoms with Crippen LogP contribution in [0.3, 0.4) is 0 Å². The molecule has 1 aromatic heterocycles. The van der Waals surface area contributed by atoms with Gasteiger partial charge in [-0.15, -0.1) is 10.2 Å². The maximum absolute atomic E-state index is 12.5. The van der Waals surface area contributed by atoms with Crippen molar-refractivity contribution in [3.8, 4) is 17.2 Å². The number of carbonyl (C=O) groups is 1. The van der Waals surface area contributed by atoms with Gasteiger partial charge in [-0.1, -0.05) is 6.07 Å². The third kappa shape index (κ3) is 4.03. The first-order valence-electron chi connectivity index (χ1n) is 9.22. The van der Waals surface area contributed by atoms with Gasteiger partial charge in [-0.3, -0.25) is 4.79 Å². The standard InChI is InChI=1S/C22H20N4O3/c1-3-29-18-10-8-17(9-11-18)26-24-20-12-7-16(14-21(20)25-26)23-22(27)15-5-4-6-19(13-15)28-2/h4-14H,3H2,1-2H3,(H,23,27). The molecule has 1 N–H and O–H groups in total. The number of nitrogens with one attached hydrogen (secondary N) is 1. The van der Waals surface area contributed by atoms with Gasteiger partial charge in [-0.05, 0) is 67.6 Å². The highest BCUT2D eigenvalue weighted by molar-refractivity contribution is 6.05. The van der Waals surface area contributed by atoms with E-state index in [0.717, 1.165) is 17.0 Å². The Bertz CT molecular complexity index is 1150. The van der Waals surface area contributed by atoms with E-state index in [2.05, 4.69) is 15.5 Å². The van der Waals surface area contributed by atoms with E-state index in [1.165, 1.54) is 0 Å². The number of fused-ring (bicyclic) bond motifs is 1. The van der Waals surface area contributed by atoms with Crippen LogP contribution in [-0.2, 0) is 0 Å². The maximum atomic E-state index is 12.5. The van der Waals surface area contributed by atoms with Gasteiger partial charge in [0.25, 0.3) is 5.91 Å². The van der Waals surface area contributed by atoms with Crippen LogP contribution in [0, 0.1) is 0 Å². The van der Waals surface area contributed by atoms with Gasteiger partial charge in [0.2, 0.25) is 0 Å². The highest BCUT2D eigenvalue weighted by Crippen LogP contribution is 2.20. The SMILES string of the molecule is CCOc1ccc(-n2nc3ccc(NC(=O)c4cccc(OC)c4)cc3n2)cc1. The van der Waals surface area contributed by atoms with E-state index in [0.29, 0.717) is 29.1 Å². The molecule has 1 heterocycles. The molecule has 0 saturated carbocycles. The molecule has 0 atom stereocenters. The van der Waals surface area contributed by atoms with Crippen LogP contribution in [0.1, 0.15) is 17.3 Å². The zero-order chi connectivity index (χ0) is 20.2. The smallest absolute Gasteiger partial charge is 0.255 e. The third-order valence-corrected chi connectivity index (χ3v) is 4.35. The lowest BCUT2D eigenvalue weighted by Crippen LogP contribution is -2.11. The molecule has 7 heteroatoms. The molecule has 0 saturated heterocycles. The van der Waals surface area contributed by atoms with Crippen molar-refractivity contribution in [1.82, 2.24) is 15.0 Å². The molecule has 4 rings (SSSR count). The molecule has 0 radical (unpaired) electrons. The van der Waals surface area contributed by atoms with Gasteiger partial charge in [-0.25, -0.2) is 0 Å². The van der Waals surface area contributed by atoms with Crippen LogP contribution in [0.2, 0.25) is 0 Å². The fraction of sp³-hybridized carbons (Fsp3) is 0.136. The topological polar surface area (TPSA) is 78.3 Å². The first-order chi connectivity index (χ1) is 14.2. The molecule has 146 valence electrons. The number of aromatic nitrogens is 3. The van der Waals surface area contributed by atoms with Gasteiger partial charge >= 0.3 is 0 Å². The van der Waals surface area contributed by atoms with Gasteiger partial charge in [-0.2, -0.15) is 4.80 Å². The molecule has 0 spiro atoms. The Kier molecular flexibility index (Phi) is 5.11. The lowest BCUT2D eigenvalue weighted by Gasteiger charge is -2.06. The Morgan fingerprint density at radius 3 is 2.52 bits per heavy atom. The van der Waals surface area contributed by atoms with Crippen LogP contribution in [0.4, 0.5) is 5.69 Å². The molecule has 29 heavy (non-hydrogen) atoms. The first-order valence-corrected chi connectivity index (χ1v) is 9.22. The zero-order valence-electron chi connectivity index (χ0n) is 16.1. The summed E-state index contributed by atoms with van der Waals surface area (Å²) < 4.78 is 10.6. The first kappa shape index (κ1) is 18.5. The second-order valence-electron chi connectivity index (χ2n) is 6.31. The minimum Gasteiger partial charge on any atom is -0.497 e. The highest BCUT2D eigenvalue weighted by Gasteiger charge is 2.10. The van der Waals surface area contributed by atoms with Gasteiger partial charge in [0.15, 0.2) is 0 Å². The van der Waals surface area contributed by atoms with E-state index < -0.39 is 0 Å². The molecule has 0 bridgehead atoms. The average molecular weight is 388 g/mol. The molecule has 3 aromatic carbocycles. The Hall–Kier alpha value is -3.87. The normalized spacial score (nSPS) is 10.7. The Balaban J connectivity index is 1.55. The van der Waals surface area contributed by atoms with E-state index in [9.17, 15) is 4.79 Å². The van der Waals surface area contributed by atoms with Crippen LogP contribution in [0.15, 0.2) is 66.7 Å². The van der Waals surface area contributed by atoms with Crippen molar-refractivity contribution in [2.24, 2.45) is 0 Å². The zero-order valence-corrected chi connectivity index (χ0v) is 16.1. The number of anilines is 1. The fourth-order valence-electron chi connectivity index (χ4n) is 2.92. The van der Waals surface area contributed by atoms with Crippen molar-refractivity contribution >= 4 is 22.6 Å². The van der Waals surface area contributed by atoms with Gasteiger partial charge in [0.1, 0.15) is 22.5 Å². The number of hydrogen-bond acceptors (Lipinski definition) is 5. The van der Waals surface area contributed by atoms with Crippen molar-refractivity contribution < 1.29 is 14.3 Å². The fourth-order valence-corrected chi connectivity index (χ4v) is 2.92. The molecular formula is C22H20N4O3. The van der Waals surface area contributed by atoms with Crippen molar-refractivity contribution in [1.29, 1.82) is 0 Å². The predicted molar refractivity (Wildman–Crippen MR) is 111 cm³/mol. The number of benzene rings is 3. The molecule has 0 aliphatic carbocycles. The number of amides is 1. The molecule has 0 aliphatic rings. The summed E-state index contributed by atoms with van der Waals surface area (Å²) in [5, 5.41) is 11.9. The summed E-state index contributed by atoms with van der Waals surface area (Å²) in [5.41, 5.74) is 3.40. The molecule has 0 fully saturated rings. The van der Waals surface area contributed by atoms with E-state index in [1.54, 1.807) is 48.3 Å². The second kappa shape index (κ2) is 8.02. The molecule has 0 unspecified atom stereocenters. The van der Waals surface area contributed by atoms with Crippen molar-refractivity contribution in [2.75, 3.05) is 19.0 Å². The van der Waals surface area contributed by atoms with Crippen LogP contribution in [0.25, 0.3) is 16.7 Å². The number of carbonyl (C=O) groups excluding carboxylic acids is 1. The van der Waals surface area contributed by atoms with E-state index >= 15 is 0 Å². The largest absolute Gasteiger partial charge is 0.497 e. The predicted octanol–water partition coefficient (Wildman–Crippen LogP) is 4.08. The van der Waals surface area contributed by atoms with Crippen LogP contribution >= 0.6 is 0 Å². The number of ether oxygens (including phenoxy) is 2. The van der Waals surface area contributed by atoms with E-state index in [-0.39, 0.29) is 5.91 Å². The summed E-state index contributed by atoms with van der Waals surface area (Å²) in [6.45, 7) is 2.56. The summed E-state index contributed by atoms with van der Waals surface area (Å²) in [5.74, 6) is 1.21. The van der Waals surface area contributed by atoms with E-state index in [4.69, 9.17) is 9.47 Å². The number of hydrogen-bond donors (Lipinski definition) is 1. The quantitative estimate of drug-likeness (QED) is 0.538. The molecule has 7 nitrogen and oxygen atoms in total. The second-order valence-corrected chi connectivity index (χ2v) is 6.31. The average Bonchev–Trinajstić information content (AvgIpc) is 3.18. The van der Waals surface area contributed by atoms with Gasteiger partial charge in [0.05, 0.1) is 19.4 Å². The van der Waals surface area contributed by atoms with Crippen LogP contribution < -0.4 is 14.8 Å². The van der Waals surface area contributed by atoms with Crippen LogP contribution in [-0.4, -0.2) is 34.6 Å². The minimum absolute atomic E-state index is 0.220. The molecular weight excluding hydrogens is 368 g/mol. The molecule has 1 amide bonds. The summed E-state index contributed by atoms with van der Waals surface area (Å²) in [7, 11) is 1.57. The van der Waals surface area contributed by atoms with Gasteiger partial charge in [0, 0.05) is 11.3 Å². The van der Waals surface area contributed by atoms with Gasteiger partial charge < -0.3 is 14.8 Å². The lowest BCUT2D eigenvalue weighted by molar-refractivity contribution is 0.102. The summed E-state index contributed by atoms with van der Waals surface area (Å²) in [4.78, 5) is 14.1. The summed E-state index contributed by atoms with van der Waals surface area (Å²) >= 11 is 0. The Morgan fingerprint density at radius 1 is 0.966 bits per heavy atom. The minimum atomic E-state index is -0.220. The summed E-state index contributed by atoms with van der Waals surface area (Å²) in [6.07, 6.45) is 0. The Labute approximate surface area is 167 Å². The van der Waals surface area contributed by atoms with Crippen molar-refractivity contribution in [2.45, 2.75) is 6.92 Å². The lowest BCUT2D eigenvalue weighted by atomic mass is 10.2. The van der Waals surface area contributed by atoms with Crippen molar-refractivity contribution in [3.05, 3.63) is 72.3 Å². The molecule has 4 aromatic rings.